The van der Waals surface area contributed by atoms with Crippen LogP contribution in [0.1, 0.15) is 25.0 Å². The Hall–Kier alpha value is -2.20. The predicted octanol–water partition coefficient (Wildman–Crippen LogP) is 4.08. The summed E-state index contributed by atoms with van der Waals surface area (Å²) in [5, 5.41) is 6.74. The molecule has 2 N–H and O–H groups in total. The highest BCUT2D eigenvalue weighted by atomic mass is 127. The Morgan fingerprint density at radius 2 is 1.69 bits per heavy atom. The molecule has 0 heterocycles. The van der Waals surface area contributed by atoms with Gasteiger partial charge in [-0.2, -0.15) is 0 Å². The van der Waals surface area contributed by atoms with E-state index in [0.717, 1.165) is 28.7 Å². The number of hydrogen-bond donors (Lipinski definition) is 2. The Kier molecular flexibility index (Phi) is 12.9. The number of rotatable bonds is 10. The van der Waals surface area contributed by atoms with Crippen LogP contribution in [0.15, 0.2) is 47.5 Å². The van der Waals surface area contributed by atoms with Gasteiger partial charge in [-0.05, 0) is 49.2 Å². The zero-order chi connectivity index (χ0) is 22.6. The second-order valence-electron chi connectivity index (χ2n) is 6.88. The lowest BCUT2D eigenvalue weighted by Crippen LogP contribution is -2.38. The monoisotopic (exact) mass is 574 g/mol. The van der Waals surface area contributed by atoms with Crippen LogP contribution in [0.25, 0.3) is 0 Å². The first-order valence-corrected chi connectivity index (χ1v) is 10.6. The SMILES string of the molecule is CCNC(=O)COc1ccc(CN=C(NCC)N(C)Cc2ccc(Cl)cc2)cc1OC.I. The number of hydrogen-bond acceptors (Lipinski definition) is 4. The van der Waals surface area contributed by atoms with Gasteiger partial charge in [-0.25, -0.2) is 4.99 Å². The van der Waals surface area contributed by atoms with E-state index in [2.05, 4.69) is 15.5 Å². The minimum atomic E-state index is -0.169. The second-order valence-corrected chi connectivity index (χ2v) is 7.32. The van der Waals surface area contributed by atoms with Gasteiger partial charge in [0.15, 0.2) is 24.1 Å². The lowest BCUT2D eigenvalue weighted by atomic mass is 10.2. The summed E-state index contributed by atoms with van der Waals surface area (Å²) < 4.78 is 11.0. The van der Waals surface area contributed by atoms with Crippen molar-refractivity contribution < 1.29 is 14.3 Å². The highest BCUT2D eigenvalue weighted by molar-refractivity contribution is 14.0. The maximum absolute atomic E-state index is 11.6. The summed E-state index contributed by atoms with van der Waals surface area (Å²) in [7, 11) is 3.57. The van der Waals surface area contributed by atoms with Crippen molar-refractivity contribution in [3.05, 3.63) is 58.6 Å². The van der Waals surface area contributed by atoms with Gasteiger partial charge in [0.25, 0.3) is 5.91 Å². The highest BCUT2D eigenvalue weighted by Crippen LogP contribution is 2.28. The van der Waals surface area contributed by atoms with Crippen LogP contribution in [-0.2, 0) is 17.9 Å². The van der Waals surface area contributed by atoms with E-state index in [1.807, 2.05) is 57.3 Å². The quantitative estimate of drug-likeness (QED) is 0.254. The molecule has 7 nitrogen and oxygen atoms in total. The van der Waals surface area contributed by atoms with Gasteiger partial charge in [-0.1, -0.05) is 29.8 Å². The number of nitrogens with zero attached hydrogens (tertiary/aromatic N) is 2. The van der Waals surface area contributed by atoms with Gasteiger partial charge in [0, 0.05) is 31.7 Å². The molecule has 0 atom stereocenters. The van der Waals surface area contributed by atoms with Crippen LogP contribution in [0.3, 0.4) is 0 Å². The summed E-state index contributed by atoms with van der Waals surface area (Å²) >= 11 is 5.97. The molecule has 0 aliphatic rings. The zero-order valence-electron chi connectivity index (χ0n) is 19.0. The molecule has 0 aromatic heterocycles. The molecular weight excluding hydrogens is 543 g/mol. The van der Waals surface area contributed by atoms with E-state index >= 15 is 0 Å². The average Bonchev–Trinajstić information content (AvgIpc) is 2.77. The Morgan fingerprint density at radius 3 is 2.31 bits per heavy atom. The van der Waals surface area contributed by atoms with Gasteiger partial charge in [-0.3, -0.25) is 4.79 Å². The minimum absolute atomic E-state index is 0. The van der Waals surface area contributed by atoms with E-state index in [1.165, 1.54) is 0 Å². The fourth-order valence-electron chi connectivity index (χ4n) is 2.90. The van der Waals surface area contributed by atoms with E-state index < -0.39 is 0 Å². The Bertz CT molecular complexity index is 878. The molecule has 0 bridgehead atoms. The van der Waals surface area contributed by atoms with Crippen molar-refractivity contribution in [1.82, 2.24) is 15.5 Å². The molecule has 0 saturated heterocycles. The lowest BCUT2D eigenvalue weighted by Gasteiger charge is -2.22. The topological polar surface area (TPSA) is 75.2 Å². The molecule has 0 aliphatic carbocycles. The molecule has 0 aliphatic heterocycles. The molecule has 2 aromatic rings. The molecule has 0 unspecified atom stereocenters. The van der Waals surface area contributed by atoms with Gasteiger partial charge in [0.2, 0.25) is 0 Å². The molecule has 1 amide bonds. The fourth-order valence-corrected chi connectivity index (χ4v) is 3.02. The number of carbonyl (C=O) groups excluding carboxylic acids is 1. The number of guanidine groups is 1. The van der Waals surface area contributed by atoms with Crippen LogP contribution < -0.4 is 20.1 Å². The molecule has 32 heavy (non-hydrogen) atoms. The van der Waals surface area contributed by atoms with Crippen LogP contribution in [0.4, 0.5) is 0 Å². The number of aliphatic imine (C=N–C) groups is 1. The van der Waals surface area contributed by atoms with Crippen LogP contribution >= 0.6 is 35.6 Å². The van der Waals surface area contributed by atoms with E-state index in [-0.39, 0.29) is 36.5 Å². The van der Waals surface area contributed by atoms with E-state index in [0.29, 0.717) is 31.1 Å². The average molecular weight is 575 g/mol. The molecular formula is C23H32ClIN4O3. The first-order chi connectivity index (χ1) is 15.0. The normalized spacial score (nSPS) is 10.7. The maximum Gasteiger partial charge on any atom is 0.257 e. The number of amides is 1. The number of nitrogens with one attached hydrogen (secondary N) is 2. The van der Waals surface area contributed by atoms with Crippen molar-refractivity contribution in [1.29, 1.82) is 0 Å². The van der Waals surface area contributed by atoms with Gasteiger partial charge in [0.1, 0.15) is 0 Å². The van der Waals surface area contributed by atoms with E-state index in [4.69, 9.17) is 26.1 Å². The summed E-state index contributed by atoms with van der Waals surface area (Å²) in [4.78, 5) is 18.4. The number of halogens is 2. The summed E-state index contributed by atoms with van der Waals surface area (Å²) in [6.07, 6.45) is 0. The molecule has 9 heteroatoms. The molecule has 0 saturated carbocycles. The third-order valence-electron chi connectivity index (χ3n) is 4.40. The Morgan fingerprint density at radius 1 is 1.03 bits per heavy atom. The minimum Gasteiger partial charge on any atom is -0.493 e. The highest BCUT2D eigenvalue weighted by Gasteiger charge is 2.10. The summed E-state index contributed by atoms with van der Waals surface area (Å²) in [5.74, 6) is 1.72. The smallest absolute Gasteiger partial charge is 0.257 e. The van der Waals surface area contributed by atoms with Gasteiger partial charge >= 0.3 is 0 Å². The standard InChI is InChI=1S/C23H31ClN4O3.HI/c1-5-25-22(29)16-31-20-12-9-18(13-21(20)30-4)14-27-23(26-6-2)28(3)15-17-7-10-19(24)11-8-17;/h7-13H,5-6,14-16H2,1-4H3,(H,25,29)(H,26,27);1H. The fraction of sp³-hybridized carbons (Fsp3) is 0.391. The molecule has 0 radical (unpaired) electrons. The van der Waals surface area contributed by atoms with Crippen molar-refractivity contribution in [3.63, 3.8) is 0 Å². The third kappa shape index (κ3) is 9.12. The van der Waals surface area contributed by atoms with Crippen LogP contribution in [0.2, 0.25) is 5.02 Å². The largest absolute Gasteiger partial charge is 0.493 e. The van der Waals surface area contributed by atoms with E-state index in [9.17, 15) is 4.79 Å². The van der Waals surface area contributed by atoms with Crippen molar-refractivity contribution in [2.75, 3.05) is 33.9 Å². The third-order valence-corrected chi connectivity index (χ3v) is 4.65. The van der Waals surface area contributed by atoms with Crippen molar-refractivity contribution >= 4 is 47.4 Å². The summed E-state index contributed by atoms with van der Waals surface area (Å²) in [6.45, 7) is 6.36. The lowest BCUT2D eigenvalue weighted by molar-refractivity contribution is -0.123. The van der Waals surface area contributed by atoms with Crippen molar-refractivity contribution in [3.8, 4) is 11.5 Å². The van der Waals surface area contributed by atoms with E-state index in [1.54, 1.807) is 13.2 Å². The maximum atomic E-state index is 11.6. The van der Waals surface area contributed by atoms with Gasteiger partial charge < -0.3 is 25.0 Å². The van der Waals surface area contributed by atoms with Crippen LogP contribution in [0.5, 0.6) is 11.5 Å². The number of methoxy groups -OCH3 is 1. The first kappa shape index (κ1) is 27.8. The molecule has 2 rings (SSSR count). The van der Waals surface area contributed by atoms with Gasteiger partial charge in [0.05, 0.1) is 13.7 Å². The molecule has 0 spiro atoms. The molecule has 2 aromatic carbocycles. The van der Waals surface area contributed by atoms with Crippen molar-refractivity contribution in [2.24, 2.45) is 4.99 Å². The van der Waals surface area contributed by atoms with Crippen molar-refractivity contribution in [2.45, 2.75) is 26.9 Å². The summed E-state index contributed by atoms with van der Waals surface area (Å²) in [6, 6.07) is 13.4. The molecule has 176 valence electrons. The predicted molar refractivity (Wildman–Crippen MR) is 140 cm³/mol. The molecule has 0 fully saturated rings. The van der Waals surface area contributed by atoms with Gasteiger partial charge in [-0.15, -0.1) is 24.0 Å². The zero-order valence-corrected chi connectivity index (χ0v) is 22.1. The number of carbonyl (C=O) groups is 1. The number of ether oxygens (including phenoxy) is 2. The Labute approximate surface area is 212 Å². The second kappa shape index (κ2) is 14.8. The van der Waals surface area contributed by atoms with Crippen LogP contribution in [-0.4, -0.2) is 50.6 Å². The first-order valence-electron chi connectivity index (χ1n) is 10.3. The Balaban J connectivity index is 0.00000512. The summed E-state index contributed by atoms with van der Waals surface area (Å²) in [5.41, 5.74) is 2.12. The number of benzene rings is 2. The van der Waals surface area contributed by atoms with Crippen LogP contribution in [0, 0.1) is 0 Å². The number of likely N-dealkylation sites (N-methyl/N-ethyl adjacent to an activating group) is 1.